The van der Waals surface area contributed by atoms with E-state index in [1.807, 2.05) is 0 Å². The van der Waals surface area contributed by atoms with Crippen molar-refractivity contribution in [2.45, 2.75) is 37.6 Å². The number of benzene rings is 1. The molecule has 14 heteroatoms. The van der Waals surface area contributed by atoms with Gasteiger partial charge >= 0.3 is 0 Å². The van der Waals surface area contributed by atoms with Crippen LogP contribution in [-0.2, 0) is 11.3 Å². The quantitative estimate of drug-likeness (QED) is 0.361. The smallest absolute Gasteiger partial charge is 0.256 e. The lowest BCUT2D eigenvalue weighted by Crippen LogP contribution is -2.57. The SMILES string of the molecule is [2H]C1(N2CC[C@H](Nc3nc(OC)c4c(-c5cc(F)c6ncn(CC(F)F)c6c5)c(F)cn4n3)[C@H](F)C2)COC1. The number of halogens is 5. The second-order valence-electron chi connectivity index (χ2n) is 9.26. The molecule has 0 amide bonds. The minimum absolute atomic E-state index is 0.00814. The van der Waals surface area contributed by atoms with E-state index in [9.17, 15) is 13.2 Å². The molecule has 1 N–H and O–H groups in total. The molecule has 0 bridgehead atoms. The molecule has 0 unspecified atom stereocenters. The number of imidazole rings is 1. The Morgan fingerprint density at radius 2 is 2.08 bits per heavy atom. The number of anilines is 1. The number of nitrogens with one attached hydrogen (secondary N) is 1. The maximum atomic E-state index is 15.3. The van der Waals surface area contributed by atoms with Gasteiger partial charge in [0.2, 0.25) is 11.8 Å². The van der Waals surface area contributed by atoms with E-state index < -0.39 is 42.8 Å². The number of aromatic nitrogens is 5. The van der Waals surface area contributed by atoms with Gasteiger partial charge in [-0.3, -0.25) is 4.90 Å². The minimum Gasteiger partial charge on any atom is -0.479 e. The zero-order chi connectivity index (χ0) is 27.5. The fourth-order valence-electron chi connectivity index (χ4n) is 4.96. The monoisotopic (exact) mass is 538 g/mol. The molecule has 0 radical (unpaired) electrons. The Hall–Kier alpha value is -3.52. The molecule has 2 aliphatic rings. The largest absolute Gasteiger partial charge is 0.479 e. The number of rotatable bonds is 7. The van der Waals surface area contributed by atoms with Gasteiger partial charge < -0.3 is 19.4 Å². The van der Waals surface area contributed by atoms with Crippen LogP contribution < -0.4 is 10.1 Å². The molecule has 202 valence electrons. The molecule has 2 saturated heterocycles. The second-order valence-corrected chi connectivity index (χ2v) is 9.26. The number of nitrogens with zero attached hydrogens (tertiary/aromatic N) is 6. The molecule has 38 heavy (non-hydrogen) atoms. The molecule has 1 aromatic carbocycles. The Morgan fingerprint density at radius 1 is 1.26 bits per heavy atom. The van der Waals surface area contributed by atoms with Crippen molar-refractivity contribution in [3.8, 4) is 17.0 Å². The molecule has 4 aromatic rings. The number of hydrogen-bond acceptors (Lipinski definition) is 7. The zero-order valence-corrected chi connectivity index (χ0v) is 20.2. The molecular formula is C24H24F5N7O2. The molecule has 6 rings (SSSR count). The number of alkyl halides is 3. The summed E-state index contributed by atoms with van der Waals surface area (Å²) in [4.78, 5) is 9.90. The van der Waals surface area contributed by atoms with E-state index in [4.69, 9.17) is 10.8 Å². The number of fused-ring (bicyclic) bond motifs is 2. The van der Waals surface area contributed by atoms with Gasteiger partial charge in [-0.05, 0) is 24.1 Å². The predicted octanol–water partition coefficient (Wildman–Crippen LogP) is 3.52. The summed E-state index contributed by atoms with van der Waals surface area (Å²) < 4.78 is 92.3. The summed E-state index contributed by atoms with van der Waals surface area (Å²) in [5.74, 6) is -1.65. The highest BCUT2D eigenvalue weighted by atomic mass is 19.3. The normalized spacial score (nSPS) is 22.1. The van der Waals surface area contributed by atoms with Crippen LogP contribution in [-0.4, -0.2) is 87.1 Å². The Kier molecular flexibility index (Phi) is 5.99. The van der Waals surface area contributed by atoms with E-state index in [-0.39, 0.29) is 59.3 Å². The number of hydrogen-bond donors (Lipinski definition) is 1. The lowest BCUT2D eigenvalue weighted by atomic mass is 10.0. The van der Waals surface area contributed by atoms with Crippen molar-refractivity contribution in [3.05, 3.63) is 36.3 Å². The Morgan fingerprint density at radius 3 is 2.76 bits per heavy atom. The number of ether oxygens (including phenoxy) is 2. The van der Waals surface area contributed by atoms with Crippen LogP contribution in [0, 0.1) is 11.6 Å². The maximum absolute atomic E-state index is 15.3. The van der Waals surface area contributed by atoms with Crippen molar-refractivity contribution < 1.29 is 32.8 Å². The van der Waals surface area contributed by atoms with Gasteiger partial charge in [0.15, 0.2) is 11.6 Å². The molecule has 2 aliphatic heterocycles. The van der Waals surface area contributed by atoms with Gasteiger partial charge in [-0.1, -0.05) is 0 Å². The first-order valence-corrected chi connectivity index (χ1v) is 12.0. The number of methoxy groups -OCH3 is 1. The third-order valence-corrected chi connectivity index (χ3v) is 6.89. The summed E-state index contributed by atoms with van der Waals surface area (Å²) in [7, 11) is 1.31. The van der Waals surface area contributed by atoms with Gasteiger partial charge in [-0.25, -0.2) is 31.5 Å². The molecule has 0 saturated carbocycles. The fourth-order valence-corrected chi connectivity index (χ4v) is 4.96. The predicted molar refractivity (Wildman–Crippen MR) is 127 cm³/mol. The highest BCUT2D eigenvalue weighted by Crippen LogP contribution is 2.36. The zero-order valence-electron chi connectivity index (χ0n) is 21.2. The molecule has 0 spiro atoms. The maximum Gasteiger partial charge on any atom is 0.256 e. The van der Waals surface area contributed by atoms with Crippen molar-refractivity contribution in [1.29, 1.82) is 0 Å². The summed E-state index contributed by atoms with van der Waals surface area (Å²) >= 11 is 0. The molecule has 2 atom stereocenters. The van der Waals surface area contributed by atoms with Crippen molar-refractivity contribution in [3.63, 3.8) is 0 Å². The van der Waals surface area contributed by atoms with Crippen LogP contribution in [0.1, 0.15) is 7.79 Å². The van der Waals surface area contributed by atoms with E-state index in [0.29, 0.717) is 13.0 Å². The summed E-state index contributed by atoms with van der Waals surface area (Å²) in [5.41, 5.74) is -0.00767. The average Bonchev–Trinajstić information content (AvgIpc) is 3.43. The van der Waals surface area contributed by atoms with Gasteiger partial charge in [0.05, 0.1) is 63.9 Å². The highest BCUT2D eigenvalue weighted by molar-refractivity contribution is 5.90. The Balaban J connectivity index is 1.33. The Labute approximate surface area is 214 Å². The molecule has 5 heterocycles. The molecular weight excluding hydrogens is 513 g/mol. The van der Waals surface area contributed by atoms with Crippen LogP contribution in [0.3, 0.4) is 0 Å². The number of likely N-dealkylation sites (tertiary alicyclic amines) is 1. The van der Waals surface area contributed by atoms with Crippen molar-refractivity contribution in [2.24, 2.45) is 0 Å². The van der Waals surface area contributed by atoms with E-state index in [2.05, 4.69) is 20.4 Å². The summed E-state index contributed by atoms with van der Waals surface area (Å²) in [6.07, 6.45) is -1.49. The first-order valence-electron chi connectivity index (χ1n) is 12.5. The average molecular weight is 538 g/mol. The molecule has 2 fully saturated rings. The van der Waals surface area contributed by atoms with Crippen LogP contribution in [0.2, 0.25) is 0 Å². The van der Waals surface area contributed by atoms with Gasteiger partial charge in [0, 0.05) is 13.1 Å². The molecule has 3 aromatic heterocycles. The molecule has 9 nitrogen and oxygen atoms in total. The van der Waals surface area contributed by atoms with Crippen molar-refractivity contribution in [2.75, 3.05) is 38.7 Å². The summed E-state index contributed by atoms with van der Waals surface area (Å²) in [6.45, 7) is 0.291. The van der Waals surface area contributed by atoms with Gasteiger partial charge in [-0.15, -0.1) is 5.10 Å². The van der Waals surface area contributed by atoms with Crippen molar-refractivity contribution in [1.82, 2.24) is 29.0 Å². The standard InChI is InChI=1S/C24H24F5N7O2/c1-37-23-22-20(12-4-14(25)21-18(5-12)35(11-30-21)8-19(28)29)16(27)7-36(22)33-24(32-23)31-17-2-3-34(6-15(17)26)13-9-38-10-13/h4-5,7,11,13,15,17,19H,2-3,6,8-10H2,1H3,(H,31,33)/t15-,17+/m1/s1/i13D. The third-order valence-electron chi connectivity index (χ3n) is 6.89. The van der Waals surface area contributed by atoms with Gasteiger partial charge in [-0.2, -0.15) is 4.98 Å². The Bertz CT molecular complexity index is 1540. The molecule has 0 aliphatic carbocycles. The van der Waals surface area contributed by atoms with Crippen LogP contribution in [0.5, 0.6) is 5.88 Å². The van der Waals surface area contributed by atoms with E-state index in [0.717, 1.165) is 27.7 Å². The third kappa shape index (κ3) is 4.30. The van der Waals surface area contributed by atoms with E-state index in [1.54, 1.807) is 4.90 Å². The topological polar surface area (TPSA) is 81.7 Å². The van der Waals surface area contributed by atoms with Crippen LogP contribution in [0.4, 0.5) is 27.9 Å². The lowest BCUT2D eigenvalue weighted by Gasteiger charge is -2.42. The lowest BCUT2D eigenvalue weighted by molar-refractivity contribution is -0.0794. The van der Waals surface area contributed by atoms with Crippen LogP contribution in [0.15, 0.2) is 24.7 Å². The summed E-state index contributed by atoms with van der Waals surface area (Å²) in [6, 6.07) is 0.859. The first kappa shape index (κ1) is 23.6. The van der Waals surface area contributed by atoms with Crippen molar-refractivity contribution >= 4 is 22.5 Å². The van der Waals surface area contributed by atoms with Gasteiger partial charge in [0.1, 0.15) is 17.2 Å². The summed E-state index contributed by atoms with van der Waals surface area (Å²) in [5, 5.41) is 7.22. The number of piperidine rings is 1. The van der Waals surface area contributed by atoms with Crippen LogP contribution >= 0.6 is 0 Å². The van der Waals surface area contributed by atoms with Gasteiger partial charge in [0.25, 0.3) is 6.43 Å². The van der Waals surface area contributed by atoms with E-state index in [1.165, 1.54) is 13.2 Å². The highest BCUT2D eigenvalue weighted by Gasteiger charge is 2.36. The minimum atomic E-state index is -2.70. The fraction of sp³-hybridized carbons (Fsp3) is 0.458. The first-order chi connectivity index (χ1) is 18.7. The second kappa shape index (κ2) is 9.66. The van der Waals surface area contributed by atoms with Crippen LogP contribution in [0.25, 0.3) is 27.7 Å². The van der Waals surface area contributed by atoms with E-state index >= 15 is 8.78 Å².